The number of urea groups is 1. The number of aryl methyl sites for hydroxylation is 1. The van der Waals surface area contributed by atoms with E-state index in [0.29, 0.717) is 17.8 Å². The Morgan fingerprint density at radius 2 is 1.74 bits per heavy atom. The fourth-order valence-corrected chi connectivity index (χ4v) is 5.06. The first kappa shape index (κ1) is 21.6. The highest BCUT2D eigenvalue weighted by molar-refractivity contribution is 5.95. The van der Waals surface area contributed by atoms with Gasteiger partial charge in [-0.05, 0) is 63.9 Å². The molecular formula is C23H27F3N4O. The first-order chi connectivity index (χ1) is 14.6. The van der Waals surface area contributed by atoms with E-state index in [1.165, 1.54) is 10.5 Å². The molecule has 1 spiro atoms. The predicted molar refractivity (Wildman–Crippen MR) is 113 cm³/mol. The van der Waals surface area contributed by atoms with E-state index in [9.17, 15) is 18.0 Å². The van der Waals surface area contributed by atoms with E-state index in [4.69, 9.17) is 0 Å². The number of carbonyl (C=O) groups is 1. The summed E-state index contributed by atoms with van der Waals surface area (Å²) in [5.41, 5.74) is 0.641. The SMILES string of the molecule is Cc1cc(C(F)(F)F)ncc1N1C[C@]2(CC[C@](c3ccccc3)(N(C)C)CC2)NC1=O. The Kier molecular flexibility index (Phi) is 5.24. The van der Waals surface area contributed by atoms with Gasteiger partial charge in [-0.25, -0.2) is 9.78 Å². The maximum absolute atomic E-state index is 13.0. The number of pyridine rings is 1. The molecule has 0 unspecified atom stereocenters. The topological polar surface area (TPSA) is 48.5 Å². The molecule has 1 aromatic heterocycles. The minimum Gasteiger partial charge on any atom is -0.330 e. The number of rotatable bonds is 3. The number of halogens is 3. The molecule has 2 aliphatic rings. The number of anilines is 1. The second-order valence-corrected chi connectivity index (χ2v) is 8.94. The van der Waals surface area contributed by atoms with Crippen molar-refractivity contribution in [3.63, 3.8) is 0 Å². The van der Waals surface area contributed by atoms with Gasteiger partial charge in [0.05, 0.1) is 24.0 Å². The van der Waals surface area contributed by atoms with Gasteiger partial charge in [-0.3, -0.25) is 9.80 Å². The van der Waals surface area contributed by atoms with Crippen LogP contribution in [0, 0.1) is 6.92 Å². The summed E-state index contributed by atoms with van der Waals surface area (Å²) in [6.07, 6.45) is -0.0165. The number of amides is 2. The quantitative estimate of drug-likeness (QED) is 0.764. The zero-order chi connectivity index (χ0) is 22.4. The lowest BCUT2D eigenvalue weighted by Gasteiger charge is -2.48. The number of aromatic nitrogens is 1. The van der Waals surface area contributed by atoms with Crippen LogP contribution in [0.25, 0.3) is 0 Å². The summed E-state index contributed by atoms with van der Waals surface area (Å²) < 4.78 is 38.9. The predicted octanol–water partition coefficient (Wildman–Crippen LogP) is 4.71. The van der Waals surface area contributed by atoms with Crippen molar-refractivity contribution < 1.29 is 18.0 Å². The minimum atomic E-state index is -4.51. The Hall–Kier alpha value is -2.61. The average molecular weight is 432 g/mol. The zero-order valence-corrected chi connectivity index (χ0v) is 18.0. The van der Waals surface area contributed by atoms with Crippen molar-refractivity contribution in [1.82, 2.24) is 15.2 Å². The lowest BCUT2D eigenvalue weighted by atomic mass is 9.69. The van der Waals surface area contributed by atoms with E-state index < -0.39 is 11.9 Å². The first-order valence-electron chi connectivity index (χ1n) is 10.4. The molecule has 1 saturated carbocycles. The van der Waals surface area contributed by atoms with E-state index in [2.05, 4.69) is 41.4 Å². The van der Waals surface area contributed by atoms with Gasteiger partial charge in [0.1, 0.15) is 5.69 Å². The van der Waals surface area contributed by atoms with Gasteiger partial charge >= 0.3 is 12.2 Å². The molecule has 2 fully saturated rings. The molecule has 166 valence electrons. The lowest BCUT2D eigenvalue weighted by molar-refractivity contribution is -0.141. The van der Waals surface area contributed by atoms with Gasteiger partial charge in [-0.2, -0.15) is 13.2 Å². The Bertz CT molecular complexity index is 967. The molecule has 1 aliphatic carbocycles. The molecule has 2 heterocycles. The van der Waals surface area contributed by atoms with Crippen LogP contribution in [0.5, 0.6) is 0 Å². The van der Waals surface area contributed by atoms with Crippen molar-refractivity contribution in [3.8, 4) is 0 Å². The van der Waals surface area contributed by atoms with Gasteiger partial charge in [0.2, 0.25) is 0 Å². The highest BCUT2D eigenvalue weighted by atomic mass is 19.4. The fraction of sp³-hybridized carbons (Fsp3) is 0.478. The fourth-order valence-electron chi connectivity index (χ4n) is 5.06. The Labute approximate surface area is 180 Å². The Balaban J connectivity index is 1.55. The number of hydrogen-bond acceptors (Lipinski definition) is 3. The van der Waals surface area contributed by atoms with Crippen LogP contribution in [0.1, 0.15) is 42.5 Å². The molecule has 1 saturated heterocycles. The van der Waals surface area contributed by atoms with Gasteiger partial charge in [-0.15, -0.1) is 0 Å². The molecule has 1 aromatic carbocycles. The highest BCUT2D eigenvalue weighted by Gasteiger charge is 2.50. The number of alkyl halides is 3. The van der Waals surface area contributed by atoms with Crippen LogP contribution < -0.4 is 10.2 Å². The summed E-state index contributed by atoms with van der Waals surface area (Å²) in [4.78, 5) is 20.2. The number of nitrogens with zero attached hydrogens (tertiary/aromatic N) is 3. The third-order valence-electron chi connectivity index (χ3n) is 6.94. The normalized spacial score (nSPS) is 26.5. The number of hydrogen-bond donors (Lipinski definition) is 1. The highest BCUT2D eigenvalue weighted by Crippen LogP contribution is 2.46. The molecule has 5 nitrogen and oxygen atoms in total. The Morgan fingerprint density at radius 1 is 1.10 bits per heavy atom. The molecule has 1 aliphatic heterocycles. The van der Waals surface area contributed by atoms with E-state index in [0.717, 1.165) is 37.9 Å². The van der Waals surface area contributed by atoms with Gasteiger partial charge in [0.15, 0.2) is 0 Å². The van der Waals surface area contributed by atoms with Crippen molar-refractivity contribution in [1.29, 1.82) is 0 Å². The molecule has 2 aromatic rings. The van der Waals surface area contributed by atoms with Gasteiger partial charge in [0.25, 0.3) is 0 Å². The van der Waals surface area contributed by atoms with E-state index in [-0.39, 0.29) is 17.1 Å². The molecule has 1 N–H and O–H groups in total. The molecular weight excluding hydrogens is 405 g/mol. The summed E-state index contributed by atoms with van der Waals surface area (Å²) in [7, 11) is 4.17. The first-order valence-corrected chi connectivity index (χ1v) is 10.4. The summed E-state index contributed by atoms with van der Waals surface area (Å²) in [5.74, 6) is 0. The maximum atomic E-state index is 13.0. The number of nitrogens with one attached hydrogen (secondary N) is 1. The third kappa shape index (κ3) is 3.78. The van der Waals surface area contributed by atoms with Crippen molar-refractivity contribution in [3.05, 3.63) is 59.4 Å². The number of benzene rings is 1. The van der Waals surface area contributed by atoms with Crippen LogP contribution in [0.4, 0.5) is 23.7 Å². The van der Waals surface area contributed by atoms with Crippen molar-refractivity contribution in [2.45, 2.75) is 49.9 Å². The monoisotopic (exact) mass is 432 g/mol. The Morgan fingerprint density at radius 3 is 2.29 bits per heavy atom. The average Bonchev–Trinajstić information content (AvgIpc) is 3.04. The van der Waals surface area contributed by atoms with Crippen molar-refractivity contribution in [2.75, 3.05) is 25.5 Å². The zero-order valence-electron chi connectivity index (χ0n) is 18.0. The van der Waals surface area contributed by atoms with E-state index in [1.807, 2.05) is 18.2 Å². The molecule has 31 heavy (non-hydrogen) atoms. The molecule has 2 amide bonds. The van der Waals surface area contributed by atoms with Crippen LogP contribution in [0.3, 0.4) is 0 Å². The van der Waals surface area contributed by atoms with Crippen LogP contribution in [0.15, 0.2) is 42.6 Å². The van der Waals surface area contributed by atoms with Crippen LogP contribution in [0.2, 0.25) is 0 Å². The van der Waals surface area contributed by atoms with E-state index >= 15 is 0 Å². The largest absolute Gasteiger partial charge is 0.433 e. The van der Waals surface area contributed by atoms with Gasteiger partial charge < -0.3 is 5.32 Å². The smallest absolute Gasteiger partial charge is 0.330 e. The molecule has 4 rings (SSSR count). The van der Waals surface area contributed by atoms with Gasteiger partial charge in [0, 0.05) is 5.54 Å². The van der Waals surface area contributed by atoms with Gasteiger partial charge in [-0.1, -0.05) is 30.3 Å². The second-order valence-electron chi connectivity index (χ2n) is 8.94. The molecule has 0 radical (unpaired) electrons. The van der Waals surface area contributed by atoms with Crippen molar-refractivity contribution in [2.24, 2.45) is 0 Å². The van der Waals surface area contributed by atoms with Crippen LogP contribution >= 0.6 is 0 Å². The minimum absolute atomic E-state index is 0.101. The third-order valence-corrected chi connectivity index (χ3v) is 6.94. The molecule has 0 atom stereocenters. The van der Waals surface area contributed by atoms with Crippen LogP contribution in [-0.2, 0) is 11.7 Å². The van der Waals surface area contributed by atoms with Crippen LogP contribution in [-0.4, -0.2) is 42.1 Å². The van der Waals surface area contributed by atoms with Crippen molar-refractivity contribution >= 4 is 11.7 Å². The second kappa shape index (κ2) is 7.51. The molecule has 0 bridgehead atoms. The molecule has 8 heteroatoms. The lowest BCUT2D eigenvalue weighted by Crippen LogP contribution is -2.54. The van der Waals surface area contributed by atoms with E-state index in [1.54, 1.807) is 6.92 Å². The number of carbonyl (C=O) groups excluding carboxylic acids is 1. The summed E-state index contributed by atoms with van der Waals surface area (Å²) >= 11 is 0. The summed E-state index contributed by atoms with van der Waals surface area (Å²) in [5, 5.41) is 3.14. The summed E-state index contributed by atoms with van der Waals surface area (Å²) in [6, 6.07) is 11.1. The summed E-state index contributed by atoms with van der Waals surface area (Å²) in [6.45, 7) is 2.01. The standard InChI is InChI=1S/C23H27F3N4O/c1-16-13-19(23(24,25)26)27-14-18(16)30-15-21(28-20(30)31)9-11-22(12-10-21,29(2)3)17-7-5-4-6-8-17/h4-8,13-14H,9-12,15H2,1-3H3,(H,28,31)/t21-,22+. The maximum Gasteiger partial charge on any atom is 0.433 e.